The van der Waals surface area contributed by atoms with Crippen LogP contribution in [0.3, 0.4) is 0 Å². The minimum Gasteiger partial charge on any atom is -0.478 e. The van der Waals surface area contributed by atoms with Gasteiger partial charge >= 0.3 is 10.7 Å². The second-order valence-corrected chi connectivity index (χ2v) is 6.73. The fraction of sp³-hybridized carbons (Fsp3) is 0.467. The van der Waals surface area contributed by atoms with Gasteiger partial charge < -0.3 is 14.9 Å². The second kappa shape index (κ2) is 7.08. The van der Waals surface area contributed by atoms with Crippen LogP contribution in [0.4, 0.5) is 5.82 Å². The van der Waals surface area contributed by atoms with Crippen molar-refractivity contribution in [2.45, 2.75) is 43.8 Å². The molecule has 3 N–H and O–H groups in total. The van der Waals surface area contributed by atoms with Crippen molar-refractivity contribution in [3.63, 3.8) is 0 Å². The lowest BCUT2D eigenvalue weighted by Gasteiger charge is -2.12. The van der Waals surface area contributed by atoms with Gasteiger partial charge in [0.1, 0.15) is 17.9 Å². The van der Waals surface area contributed by atoms with Crippen molar-refractivity contribution >= 4 is 23.5 Å². The van der Waals surface area contributed by atoms with Crippen LogP contribution in [0.2, 0.25) is 0 Å². The summed E-state index contributed by atoms with van der Waals surface area (Å²) in [5, 5.41) is 17.0. The molecule has 0 bridgehead atoms. The van der Waals surface area contributed by atoms with Gasteiger partial charge in [-0.2, -0.15) is 4.57 Å². The fourth-order valence-electron chi connectivity index (χ4n) is 2.85. The van der Waals surface area contributed by atoms with Gasteiger partial charge in [0.25, 0.3) is 5.88 Å². The molecule has 24 heavy (non-hydrogen) atoms. The Kier molecular flexibility index (Phi) is 4.89. The summed E-state index contributed by atoms with van der Waals surface area (Å²) in [5.74, 6) is 0.703. The molecule has 0 atom stereocenters. The van der Waals surface area contributed by atoms with Crippen molar-refractivity contribution in [1.82, 2.24) is 10.1 Å². The summed E-state index contributed by atoms with van der Waals surface area (Å²) in [6.45, 7) is 1.74. The number of hydrogen-bond donors (Lipinski definition) is 3. The number of aromatic amines is 1. The van der Waals surface area contributed by atoms with E-state index in [1.165, 1.54) is 17.8 Å². The van der Waals surface area contributed by atoms with Gasteiger partial charge in [-0.1, -0.05) is 5.16 Å². The van der Waals surface area contributed by atoms with E-state index in [4.69, 9.17) is 4.52 Å². The minimum absolute atomic E-state index is 0.0688. The number of aromatic nitrogens is 3. The maximum atomic E-state index is 12.0. The predicted octanol–water partition coefficient (Wildman–Crippen LogP) is 1.51. The van der Waals surface area contributed by atoms with Gasteiger partial charge in [0.05, 0.1) is 5.75 Å². The third-order valence-electron chi connectivity index (χ3n) is 3.88. The SMILES string of the molecule is Cc1cc(NC(=O)CSc2[nH]c(=O)cc(O)[n+]2C2CCCC2)no1. The third kappa shape index (κ3) is 3.78. The highest BCUT2D eigenvalue weighted by atomic mass is 32.2. The number of anilines is 1. The summed E-state index contributed by atoms with van der Waals surface area (Å²) in [5.41, 5.74) is -0.392. The first-order valence-electron chi connectivity index (χ1n) is 7.77. The van der Waals surface area contributed by atoms with E-state index in [9.17, 15) is 14.7 Å². The molecule has 2 heterocycles. The predicted molar refractivity (Wildman–Crippen MR) is 87.0 cm³/mol. The van der Waals surface area contributed by atoms with E-state index in [0.29, 0.717) is 16.7 Å². The highest BCUT2D eigenvalue weighted by Gasteiger charge is 2.28. The highest BCUT2D eigenvalue weighted by molar-refractivity contribution is 7.99. The molecule has 0 unspecified atom stereocenters. The zero-order chi connectivity index (χ0) is 17.1. The van der Waals surface area contributed by atoms with Crippen LogP contribution in [0.5, 0.6) is 5.88 Å². The van der Waals surface area contributed by atoms with Crippen LogP contribution < -0.4 is 15.4 Å². The van der Waals surface area contributed by atoms with Gasteiger partial charge in [0, 0.05) is 6.07 Å². The van der Waals surface area contributed by atoms with Crippen LogP contribution in [-0.2, 0) is 4.79 Å². The van der Waals surface area contributed by atoms with Gasteiger partial charge in [-0.15, -0.1) is 0 Å². The first-order valence-corrected chi connectivity index (χ1v) is 8.75. The van der Waals surface area contributed by atoms with E-state index in [1.54, 1.807) is 17.6 Å². The molecular formula is C15H19N4O4S+. The van der Waals surface area contributed by atoms with E-state index in [-0.39, 0.29) is 23.6 Å². The molecule has 128 valence electrons. The Balaban J connectivity index is 1.72. The van der Waals surface area contributed by atoms with E-state index in [1.807, 2.05) is 0 Å². The number of H-pyrrole nitrogens is 1. The highest BCUT2D eigenvalue weighted by Crippen LogP contribution is 2.28. The zero-order valence-corrected chi connectivity index (χ0v) is 14.1. The zero-order valence-electron chi connectivity index (χ0n) is 13.2. The fourth-order valence-corrected chi connectivity index (χ4v) is 3.75. The van der Waals surface area contributed by atoms with Crippen LogP contribution >= 0.6 is 11.8 Å². The van der Waals surface area contributed by atoms with E-state index in [2.05, 4.69) is 15.5 Å². The van der Waals surface area contributed by atoms with Crippen LogP contribution in [0, 0.1) is 6.92 Å². The third-order valence-corrected chi connectivity index (χ3v) is 4.86. The molecule has 0 aliphatic heterocycles. The van der Waals surface area contributed by atoms with Crippen LogP contribution in [0.1, 0.15) is 37.5 Å². The number of nitrogens with one attached hydrogen (secondary N) is 2. The van der Waals surface area contributed by atoms with Crippen molar-refractivity contribution in [2.24, 2.45) is 0 Å². The Hall–Kier alpha value is -2.29. The number of aromatic hydroxyl groups is 1. The second-order valence-electron chi connectivity index (χ2n) is 5.76. The number of carbonyl (C=O) groups excluding carboxylic acids is 1. The van der Waals surface area contributed by atoms with Crippen molar-refractivity contribution in [2.75, 3.05) is 11.1 Å². The lowest BCUT2D eigenvalue weighted by Crippen LogP contribution is -2.43. The largest absolute Gasteiger partial charge is 0.478 e. The molecule has 1 amide bonds. The molecule has 2 aromatic rings. The van der Waals surface area contributed by atoms with Crippen molar-refractivity contribution < 1.29 is 19.0 Å². The van der Waals surface area contributed by atoms with Gasteiger partial charge in [0.15, 0.2) is 5.82 Å². The molecule has 0 spiro atoms. The van der Waals surface area contributed by atoms with E-state index >= 15 is 0 Å². The molecule has 2 aromatic heterocycles. The summed E-state index contributed by atoms with van der Waals surface area (Å²) in [6, 6.07) is 2.93. The molecule has 9 heteroatoms. The van der Waals surface area contributed by atoms with Gasteiger partial charge in [-0.25, -0.2) is 9.78 Å². The Morgan fingerprint density at radius 1 is 1.50 bits per heavy atom. The van der Waals surface area contributed by atoms with Crippen LogP contribution in [0.15, 0.2) is 26.6 Å². The Morgan fingerprint density at radius 3 is 2.92 bits per heavy atom. The Bertz CT molecular complexity index is 795. The molecule has 0 radical (unpaired) electrons. The van der Waals surface area contributed by atoms with Crippen molar-refractivity contribution in [3.8, 4) is 5.88 Å². The number of hydrogen-bond acceptors (Lipinski definition) is 6. The lowest BCUT2D eigenvalue weighted by molar-refractivity contribution is -0.764. The molecule has 3 rings (SSSR count). The number of rotatable bonds is 5. The normalized spacial score (nSPS) is 14.9. The molecule has 0 saturated heterocycles. The smallest absolute Gasteiger partial charge is 0.339 e. The molecule has 1 aliphatic rings. The van der Waals surface area contributed by atoms with E-state index < -0.39 is 5.56 Å². The quantitative estimate of drug-likeness (QED) is 0.428. The Morgan fingerprint density at radius 2 is 2.25 bits per heavy atom. The van der Waals surface area contributed by atoms with Gasteiger partial charge in [0.2, 0.25) is 5.91 Å². The van der Waals surface area contributed by atoms with E-state index in [0.717, 1.165) is 25.7 Å². The number of carbonyl (C=O) groups is 1. The first kappa shape index (κ1) is 16.6. The summed E-state index contributed by atoms with van der Waals surface area (Å²) in [4.78, 5) is 26.4. The molecule has 1 aliphatic carbocycles. The Labute approximate surface area is 142 Å². The molecule has 1 fully saturated rings. The molecule has 0 aromatic carbocycles. The summed E-state index contributed by atoms with van der Waals surface area (Å²) in [7, 11) is 0. The lowest BCUT2D eigenvalue weighted by atomic mass is 10.2. The average molecular weight is 351 g/mol. The van der Waals surface area contributed by atoms with Gasteiger partial charge in [-0.3, -0.25) is 4.79 Å². The van der Waals surface area contributed by atoms with Crippen molar-refractivity contribution in [1.29, 1.82) is 0 Å². The summed E-state index contributed by atoms with van der Waals surface area (Å²) in [6.07, 6.45) is 4.07. The monoisotopic (exact) mass is 351 g/mol. The number of thioether (sulfide) groups is 1. The minimum atomic E-state index is -0.392. The van der Waals surface area contributed by atoms with Crippen molar-refractivity contribution in [3.05, 3.63) is 28.2 Å². The first-order chi connectivity index (χ1) is 11.5. The average Bonchev–Trinajstić information content (AvgIpc) is 3.16. The summed E-state index contributed by atoms with van der Waals surface area (Å²) >= 11 is 1.17. The summed E-state index contributed by atoms with van der Waals surface area (Å²) < 4.78 is 6.60. The van der Waals surface area contributed by atoms with Gasteiger partial charge in [-0.05, 0) is 44.4 Å². The number of amides is 1. The molecule has 1 saturated carbocycles. The maximum absolute atomic E-state index is 12.0. The number of nitrogens with zero attached hydrogens (tertiary/aromatic N) is 2. The molecule has 8 nitrogen and oxygen atoms in total. The number of aryl methyl sites for hydroxylation is 1. The maximum Gasteiger partial charge on any atom is 0.339 e. The molecular weight excluding hydrogens is 332 g/mol. The topological polar surface area (TPSA) is 112 Å². The van der Waals surface area contributed by atoms with Crippen LogP contribution in [0.25, 0.3) is 0 Å². The standard InChI is InChI=1S/C15H18N4O4S/c1-9-6-11(18-23-9)16-13(21)8-24-15-17-12(20)7-14(22)19(15)10-4-2-3-5-10/h6-7,10H,2-5,8H2,1H3,(H2,16,18,20,21,22)/p+1. The van der Waals surface area contributed by atoms with Crippen LogP contribution in [-0.4, -0.2) is 26.9 Å².